The summed E-state index contributed by atoms with van der Waals surface area (Å²) in [5.74, 6) is 5.65. The van der Waals surface area contributed by atoms with E-state index < -0.39 is 11.9 Å². The van der Waals surface area contributed by atoms with Gasteiger partial charge in [0.1, 0.15) is 0 Å². The van der Waals surface area contributed by atoms with Crippen LogP contribution in [-0.4, -0.2) is 18.9 Å². The van der Waals surface area contributed by atoms with Crippen LogP contribution in [0.1, 0.15) is 47.4 Å². The average Bonchev–Trinajstić information content (AvgIpc) is 3.20. The van der Waals surface area contributed by atoms with E-state index in [1.54, 1.807) is 0 Å². The van der Waals surface area contributed by atoms with Gasteiger partial charge in [0.25, 0.3) is 0 Å². The molecule has 1 aromatic heterocycles. The van der Waals surface area contributed by atoms with Crippen molar-refractivity contribution in [2.45, 2.75) is 32.1 Å². The molecule has 1 aromatic carbocycles. The second-order valence-electron chi connectivity index (χ2n) is 7.08. The van der Waals surface area contributed by atoms with Crippen molar-refractivity contribution in [3.8, 4) is 11.8 Å². The molecule has 1 unspecified atom stereocenters. The third-order valence-corrected chi connectivity index (χ3v) is 6.26. The van der Waals surface area contributed by atoms with Crippen LogP contribution in [0.3, 0.4) is 0 Å². The van der Waals surface area contributed by atoms with Gasteiger partial charge in [0, 0.05) is 33.8 Å². The van der Waals surface area contributed by atoms with Crippen molar-refractivity contribution < 1.29 is 14.3 Å². The highest BCUT2D eigenvalue weighted by atomic mass is 32.1. The number of carbonyl (C=O) groups is 2. The first-order valence-electron chi connectivity index (χ1n) is 9.57. The zero-order valence-electron chi connectivity index (χ0n) is 16.4. The van der Waals surface area contributed by atoms with Gasteiger partial charge in [0.05, 0.1) is 23.5 Å². The molecule has 0 amide bonds. The van der Waals surface area contributed by atoms with E-state index in [2.05, 4.69) is 17.2 Å². The number of nitrogens with one attached hydrogen (secondary N) is 1. The van der Waals surface area contributed by atoms with Crippen molar-refractivity contribution in [1.82, 2.24) is 5.32 Å². The molecule has 0 bridgehead atoms. The zero-order valence-corrected chi connectivity index (χ0v) is 17.2. The molecule has 2 aliphatic rings. The van der Waals surface area contributed by atoms with Crippen LogP contribution in [0.5, 0.6) is 0 Å². The lowest BCUT2D eigenvalue weighted by Gasteiger charge is -2.33. The summed E-state index contributed by atoms with van der Waals surface area (Å²) >= 11 is 1.52. The van der Waals surface area contributed by atoms with Crippen LogP contribution < -0.4 is 5.32 Å². The number of rotatable bonds is 2. The molecule has 0 fully saturated rings. The standard InChI is InChI=1S/C24H21NO3S/c1-15-21(24(27)28-2)23(22-18(25-15)9-6-10-19(22)26)20-14-13-17(29-20)12-11-16-7-4-3-5-8-16/h3-5,7-8,13-14,23,25H,6,9-10H2,1-2H3. The maximum absolute atomic E-state index is 12.8. The molecule has 1 N–H and O–H groups in total. The van der Waals surface area contributed by atoms with Crippen molar-refractivity contribution in [1.29, 1.82) is 0 Å². The topological polar surface area (TPSA) is 55.4 Å². The van der Waals surface area contributed by atoms with E-state index in [1.807, 2.05) is 49.4 Å². The van der Waals surface area contributed by atoms with Gasteiger partial charge in [-0.15, -0.1) is 11.3 Å². The minimum atomic E-state index is -0.407. The molecule has 0 saturated heterocycles. The molecule has 1 atom stereocenters. The van der Waals surface area contributed by atoms with Crippen LogP contribution in [0, 0.1) is 11.8 Å². The third-order valence-electron chi connectivity index (χ3n) is 5.20. The number of hydrogen-bond acceptors (Lipinski definition) is 5. The number of thiophene rings is 1. The predicted octanol–water partition coefficient (Wildman–Crippen LogP) is 4.29. The van der Waals surface area contributed by atoms with E-state index in [1.165, 1.54) is 18.4 Å². The van der Waals surface area contributed by atoms with Gasteiger partial charge >= 0.3 is 5.97 Å². The highest BCUT2D eigenvalue weighted by Gasteiger charge is 2.39. The summed E-state index contributed by atoms with van der Waals surface area (Å²) in [6.07, 6.45) is 2.16. The SMILES string of the molecule is COC(=O)C1=C(C)NC2=C(C(=O)CCC2)C1c1ccc(C#Cc2ccccc2)s1. The molecule has 4 rings (SSSR count). The number of esters is 1. The lowest BCUT2D eigenvalue weighted by Crippen LogP contribution is -2.33. The van der Waals surface area contributed by atoms with Crippen LogP contribution >= 0.6 is 11.3 Å². The van der Waals surface area contributed by atoms with Gasteiger partial charge in [-0.3, -0.25) is 4.79 Å². The Hall–Kier alpha value is -3.10. The molecule has 2 aromatic rings. The Morgan fingerprint density at radius 2 is 1.93 bits per heavy atom. The summed E-state index contributed by atoms with van der Waals surface area (Å²) in [7, 11) is 1.37. The highest BCUT2D eigenvalue weighted by molar-refractivity contribution is 7.12. The first kappa shape index (κ1) is 19.2. The molecular weight excluding hydrogens is 382 g/mol. The summed E-state index contributed by atoms with van der Waals surface area (Å²) < 4.78 is 5.04. The van der Waals surface area contributed by atoms with E-state index in [4.69, 9.17) is 4.74 Å². The quantitative estimate of drug-likeness (QED) is 0.600. The van der Waals surface area contributed by atoms with E-state index in [0.29, 0.717) is 17.6 Å². The van der Waals surface area contributed by atoms with E-state index >= 15 is 0 Å². The van der Waals surface area contributed by atoms with Crippen LogP contribution in [0.4, 0.5) is 0 Å². The number of carbonyl (C=O) groups excluding carboxylic acids is 2. The number of Topliss-reactive ketones (excluding diaryl/α,β-unsaturated/α-hetero) is 1. The maximum atomic E-state index is 12.8. The monoisotopic (exact) mass is 403 g/mol. The Labute approximate surface area is 174 Å². The Balaban J connectivity index is 1.76. The predicted molar refractivity (Wildman–Crippen MR) is 113 cm³/mol. The van der Waals surface area contributed by atoms with Crippen molar-refractivity contribution in [2.75, 3.05) is 7.11 Å². The second-order valence-corrected chi connectivity index (χ2v) is 8.19. The summed E-state index contributed by atoms with van der Waals surface area (Å²) in [6.45, 7) is 1.87. The average molecular weight is 404 g/mol. The number of ketones is 1. The Morgan fingerprint density at radius 3 is 2.69 bits per heavy atom. The minimum Gasteiger partial charge on any atom is -0.466 e. The van der Waals surface area contributed by atoms with Crippen LogP contribution in [0.15, 0.2) is 65.0 Å². The van der Waals surface area contributed by atoms with Crippen molar-refractivity contribution in [3.05, 3.63) is 80.3 Å². The fourth-order valence-electron chi connectivity index (χ4n) is 3.88. The molecule has 146 valence electrons. The fraction of sp³-hybridized carbons (Fsp3) is 0.250. The van der Waals surface area contributed by atoms with E-state index in [0.717, 1.165) is 39.6 Å². The molecule has 0 spiro atoms. The third kappa shape index (κ3) is 3.76. The lowest BCUT2D eigenvalue weighted by molar-refractivity contribution is -0.136. The molecule has 4 nitrogen and oxygen atoms in total. The number of dihydropyridines is 1. The summed E-state index contributed by atoms with van der Waals surface area (Å²) in [6, 6.07) is 13.7. The largest absolute Gasteiger partial charge is 0.466 e. The highest BCUT2D eigenvalue weighted by Crippen LogP contribution is 2.44. The molecule has 0 radical (unpaired) electrons. The van der Waals surface area contributed by atoms with Crippen LogP contribution in [0.25, 0.3) is 0 Å². The number of ether oxygens (including phenoxy) is 1. The smallest absolute Gasteiger partial charge is 0.336 e. The van der Waals surface area contributed by atoms with Crippen LogP contribution in [-0.2, 0) is 14.3 Å². The van der Waals surface area contributed by atoms with E-state index in [9.17, 15) is 9.59 Å². The first-order chi connectivity index (χ1) is 14.1. The van der Waals surface area contributed by atoms with Gasteiger partial charge in [-0.05, 0) is 44.0 Å². The van der Waals surface area contributed by atoms with Gasteiger partial charge in [-0.1, -0.05) is 30.0 Å². The molecule has 1 aliphatic heterocycles. The number of allylic oxidation sites excluding steroid dienone is 3. The lowest BCUT2D eigenvalue weighted by atomic mass is 9.78. The van der Waals surface area contributed by atoms with E-state index in [-0.39, 0.29) is 5.78 Å². The molecule has 1 aliphatic carbocycles. The number of hydrogen-bond donors (Lipinski definition) is 1. The Kier molecular flexibility index (Phi) is 5.37. The summed E-state index contributed by atoms with van der Waals surface area (Å²) in [5.41, 5.74) is 3.84. The van der Waals surface area contributed by atoms with Gasteiger partial charge in [0.2, 0.25) is 0 Å². The van der Waals surface area contributed by atoms with Gasteiger partial charge in [0.15, 0.2) is 5.78 Å². The van der Waals surface area contributed by atoms with Crippen molar-refractivity contribution in [2.24, 2.45) is 0 Å². The van der Waals surface area contributed by atoms with Gasteiger partial charge in [-0.2, -0.15) is 0 Å². The van der Waals surface area contributed by atoms with Crippen molar-refractivity contribution >= 4 is 23.1 Å². The van der Waals surface area contributed by atoms with Crippen molar-refractivity contribution in [3.63, 3.8) is 0 Å². The molecule has 2 heterocycles. The van der Waals surface area contributed by atoms with Gasteiger partial charge < -0.3 is 10.1 Å². The Morgan fingerprint density at radius 1 is 1.14 bits per heavy atom. The molecular formula is C24H21NO3S. The summed E-state index contributed by atoms with van der Waals surface area (Å²) in [5, 5.41) is 3.28. The number of benzene rings is 1. The zero-order chi connectivity index (χ0) is 20.4. The van der Waals surface area contributed by atoms with Crippen LogP contribution in [0.2, 0.25) is 0 Å². The minimum absolute atomic E-state index is 0.1000. The molecule has 0 saturated carbocycles. The second kappa shape index (κ2) is 8.10. The van der Waals surface area contributed by atoms with Gasteiger partial charge in [-0.25, -0.2) is 4.79 Å². The molecule has 5 heteroatoms. The normalized spacial score (nSPS) is 18.6. The Bertz CT molecular complexity index is 1100. The first-order valence-corrected chi connectivity index (χ1v) is 10.4. The number of methoxy groups -OCH3 is 1. The molecule has 29 heavy (non-hydrogen) atoms. The summed E-state index contributed by atoms with van der Waals surface area (Å²) in [4.78, 5) is 27.2. The maximum Gasteiger partial charge on any atom is 0.336 e. The fourth-order valence-corrected chi connectivity index (χ4v) is 4.86.